The molecule has 0 amide bonds. The molecule has 0 bridgehead atoms. The molecule has 86 valence electrons. The van der Waals surface area contributed by atoms with Crippen molar-refractivity contribution in [3.05, 3.63) is 35.4 Å². The van der Waals surface area contributed by atoms with E-state index >= 15 is 0 Å². The van der Waals surface area contributed by atoms with Gasteiger partial charge < -0.3 is 10.7 Å². The highest BCUT2D eigenvalue weighted by atomic mass is 35.5. The van der Waals surface area contributed by atoms with Gasteiger partial charge in [-0.05, 0) is 12.1 Å². The van der Waals surface area contributed by atoms with Crippen molar-refractivity contribution in [3.8, 4) is 11.4 Å². The van der Waals surface area contributed by atoms with E-state index < -0.39 is 0 Å². The first-order valence-electron chi connectivity index (χ1n) is 5.22. The molecule has 1 aromatic carbocycles. The highest BCUT2D eigenvalue weighted by molar-refractivity contribution is 6.35. The lowest BCUT2D eigenvalue weighted by atomic mass is 10.2. The van der Waals surface area contributed by atoms with E-state index in [-0.39, 0.29) is 0 Å². The standard InChI is InChI=1S/C12H11ClN4/c1-17-10(6-11(14)16-17)9-5-7-3-2-4-8(13)12(7)15-9/h2-6,15H,1H3,(H2,14,16). The van der Waals surface area contributed by atoms with Gasteiger partial charge in [0.2, 0.25) is 0 Å². The quantitative estimate of drug-likeness (QED) is 0.694. The van der Waals surface area contributed by atoms with E-state index in [9.17, 15) is 0 Å². The number of fused-ring (bicyclic) bond motifs is 1. The molecular formula is C12H11ClN4. The molecule has 2 aromatic heterocycles. The smallest absolute Gasteiger partial charge is 0.146 e. The van der Waals surface area contributed by atoms with Crippen LogP contribution in [-0.2, 0) is 7.05 Å². The van der Waals surface area contributed by atoms with Crippen LogP contribution in [-0.4, -0.2) is 14.8 Å². The average Bonchev–Trinajstić information content (AvgIpc) is 2.82. The summed E-state index contributed by atoms with van der Waals surface area (Å²) in [5, 5.41) is 5.91. The molecule has 0 aliphatic rings. The number of hydrogen-bond acceptors (Lipinski definition) is 2. The number of nitrogens with one attached hydrogen (secondary N) is 1. The van der Waals surface area contributed by atoms with E-state index in [1.165, 1.54) is 0 Å². The van der Waals surface area contributed by atoms with Crippen LogP contribution in [0.2, 0.25) is 5.02 Å². The monoisotopic (exact) mass is 246 g/mol. The normalized spacial score (nSPS) is 11.2. The fourth-order valence-electron chi connectivity index (χ4n) is 2.00. The molecule has 5 heteroatoms. The Labute approximate surface area is 103 Å². The highest BCUT2D eigenvalue weighted by Gasteiger charge is 2.09. The lowest BCUT2D eigenvalue weighted by molar-refractivity contribution is 0.778. The average molecular weight is 247 g/mol. The molecule has 4 nitrogen and oxygen atoms in total. The highest BCUT2D eigenvalue weighted by Crippen LogP contribution is 2.28. The summed E-state index contributed by atoms with van der Waals surface area (Å²) >= 11 is 6.12. The first kappa shape index (κ1) is 10.2. The van der Waals surface area contributed by atoms with Crippen molar-refractivity contribution in [2.45, 2.75) is 0 Å². The minimum absolute atomic E-state index is 0.507. The number of nitrogens with zero attached hydrogens (tertiary/aromatic N) is 2. The van der Waals surface area contributed by atoms with Gasteiger partial charge >= 0.3 is 0 Å². The number of benzene rings is 1. The molecule has 0 aliphatic heterocycles. The van der Waals surface area contributed by atoms with Crippen molar-refractivity contribution in [1.82, 2.24) is 14.8 Å². The summed E-state index contributed by atoms with van der Waals surface area (Å²) in [5.41, 5.74) is 8.50. The van der Waals surface area contributed by atoms with Crippen molar-refractivity contribution >= 4 is 28.3 Å². The third-order valence-corrected chi connectivity index (χ3v) is 3.09. The van der Waals surface area contributed by atoms with Gasteiger partial charge in [-0.2, -0.15) is 5.10 Å². The zero-order valence-electron chi connectivity index (χ0n) is 9.24. The molecule has 0 fully saturated rings. The van der Waals surface area contributed by atoms with Gasteiger partial charge in [0.1, 0.15) is 5.82 Å². The number of para-hydroxylation sites is 1. The largest absolute Gasteiger partial charge is 0.382 e. The summed E-state index contributed by atoms with van der Waals surface area (Å²) < 4.78 is 1.74. The maximum Gasteiger partial charge on any atom is 0.146 e. The van der Waals surface area contributed by atoms with Crippen molar-refractivity contribution in [2.24, 2.45) is 7.05 Å². The molecule has 0 atom stereocenters. The number of rotatable bonds is 1. The zero-order chi connectivity index (χ0) is 12.0. The van der Waals surface area contributed by atoms with E-state index in [0.717, 1.165) is 22.3 Å². The van der Waals surface area contributed by atoms with Crippen LogP contribution < -0.4 is 5.73 Å². The molecule has 0 saturated heterocycles. The van der Waals surface area contributed by atoms with Gasteiger partial charge in [-0.3, -0.25) is 4.68 Å². The Bertz CT molecular complexity index is 696. The number of H-pyrrole nitrogens is 1. The Kier molecular flexibility index (Phi) is 2.12. The lowest BCUT2D eigenvalue weighted by Gasteiger charge is -1.96. The Morgan fingerprint density at radius 1 is 1.35 bits per heavy atom. The van der Waals surface area contributed by atoms with Gasteiger partial charge in [0, 0.05) is 18.5 Å². The van der Waals surface area contributed by atoms with Gasteiger partial charge in [-0.15, -0.1) is 0 Å². The second kappa shape index (κ2) is 3.53. The number of aryl methyl sites for hydroxylation is 1. The fourth-order valence-corrected chi connectivity index (χ4v) is 2.23. The Morgan fingerprint density at radius 3 is 2.82 bits per heavy atom. The van der Waals surface area contributed by atoms with E-state index in [4.69, 9.17) is 17.3 Å². The second-order valence-corrected chi connectivity index (χ2v) is 4.37. The first-order chi connectivity index (χ1) is 8.15. The number of nitrogen functional groups attached to an aromatic ring is 1. The van der Waals surface area contributed by atoms with Gasteiger partial charge in [-0.25, -0.2) is 0 Å². The minimum Gasteiger partial charge on any atom is -0.382 e. The number of hydrogen-bond donors (Lipinski definition) is 2. The Morgan fingerprint density at radius 2 is 2.18 bits per heavy atom. The van der Waals surface area contributed by atoms with E-state index in [2.05, 4.69) is 10.1 Å². The number of nitrogens with two attached hydrogens (primary N) is 1. The number of halogens is 1. The first-order valence-corrected chi connectivity index (χ1v) is 5.60. The third-order valence-electron chi connectivity index (χ3n) is 2.78. The fraction of sp³-hybridized carbons (Fsp3) is 0.0833. The summed E-state index contributed by atoms with van der Waals surface area (Å²) in [6.07, 6.45) is 0. The minimum atomic E-state index is 0.507. The van der Waals surface area contributed by atoms with Crippen LogP contribution in [0.15, 0.2) is 30.3 Å². The van der Waals surface area contributed by atoms with Crippen molar-refractivity contribution in [1.29, 1.82) is 0 Å². The van der Waals surface area contributed by atoms with Crippen LogP contribution in [0, 0.1) is 0 Å². The van der Waals surface area contributed by atoms with Crippen LogP contribution in [0.25, 0.3) is 22.3 Å². The molecule has 3 aromatic rings. The summed E-state index contributed by atoms with van der Waals surface area (Å²) in [4.78, 5) is 3.29. The maximum absolute atomic E-state index is 6.12. The van der Waals surface area contributed by atoms with Crippen LogP contribution in [0.1, 0.15) is 0 Å². The second-order valence-electron chi connectivity index (χ2n) is 3.97. The van der Waals surface area contributed by atoms with Crippen LogP contribution in [0.4, 0.5) is 5.82 Å². The molecule has 0 unspecified atom stereocenters. The van der Waals surface area contributed by atoms with Crippen LogP contribution >= 0.6 is 11.6 Å². The topological polar surface area (TPSA) is 59.6 Å². The van der Waals surface area contributed by atoms with E-state index in [1.54, 1.807) is 4.68 Å². The molecule has 2 heterocycles. The predicted molar refractivity (Wildman–Crippen MR) is 69.9 cm³/mol. The molecule has 0 saturated carbocycles. The molecule has 0 radical (unpaired) electrons. The van der Waals surface area contributed by atoms with Gasteiger partial charge in [-0.1, -0.05) is 23.7 Å². The summed E-state index contributed by atoms with van der Waals surface area (Å²) in [6.45, 7) is 0. The SMILES string of the molecule is Cn1nc(N)cc1-c1cc2cccc(Cl)c2[nH]1. The van der Waals surface area contributed by atoms with Gasteiger partial charge in [0.05, 0.1) is 21.9 Å². The van der Waals surface area contributed by atoms with Crippen molar-refractivity contribution in [3.63, 3.8) is 0 Å². The zero-order valence-corrected chi connectivity index (χ0v) is 9.99. The van der Waals surface area contributed by atoms with Gasteiger partial charge in [0.25, 0.3) is 0 Å². The summed E-state index contributed by atoms with van der Waals surface area (Å²) in [6, 6.07) is 9.68. The van der Waals surface area contributed by atoms with Crippen LogP contribution in [0.3, 0.4) is 0 Å². The summed E-state index contributed by atoms with van der Waals surface area (Å²) in [5.74, 6) is 0.507. The van der Waals surface area contributed by atoms with Crippen molar-refractivity contribution in [2.75, 3.05) is 5.73 Å². The van der Waals surface area contributed by atoms with Crippen LogP contribution in [0.5, 0.6) is 0 Å². The molecule has 3 rings (SSSR count). The molecule has 3 N–H and O–H groups in total. The molecule has 0 spiro atoms. The Balaban J connectivity index is 2.25. The lowest BCUT2D eigenvalue weighted by Crippen LogP contribution is -1.94. The predicted octanol–water partition coefficient (Wildman–Crippen LogP) is 2.80. The molecule has 0 aliphatic carbocycles. The maximum atomic E-state index is 6.12. The molecular weight excluding hydrogens is 236 g/mol. The third kappa shape index (κ3) is 1.57. The Hall–Kier alpha value is -1.94. The van der Waals surface area contributed by atoms with Gasteiger partial charge in [0.15, 0.2) is 0 Å². The van der Waals surface area contributed by atoms with E-state index in [0.29, 0.717) is 10.8 Å². The molecule has 17 heavy (non-hydrogen) atoms. The number of aromatic nitrogens is 3. The van der Waals surface area contributed by atoms with E-state index in [1.807, 2.05) is 37.4 Å². The number of aromatic amines is 1. The summed E-state index contributed by atoms with van der Waals surface area (Å²) in [7, 11) is 1.86. The number of anilines is 1. The van der Waals surface area contributed by atoms with Crippen molar-refractivity contribution < 1.29 is 0 Å².